The molecule has 6 heteroatoms. The van der Waals surface area contributed by atoms with Crippen LogP contribution in [0.2, 0.25) is 0 Å². The van der Waals surface area contributed by atoms with Crippen molar-refractivity contribution in [2.45, 2.75) is 51.7 Å². The quantitative estimate of drug-likeness (QED) is 0.863. The van der Waals surface area contributed by atoms with Gasteiger partial charge in [0.25, 0.3) is 5.91 Å². The molecule has 0 aliphatic carbocycles. The molecule has 0 bridgehead atoms. The number of aliphatic hydroxyl groups excluding tert-OH is 1. The number of rotatable bonds is 6. The first-order chi connectivity index (χ1) is 12.5. The van der Waals surface area contributed by atoms with Crippen molar-refractivity contribution in [2.75, 3.05) is 13.1 Å². The predicted octanol–water partition coefficient (Wildman–Crippen LogP) is 2.44. The number of carbonyl (C=O) groups is 1. The molecule has 0 aromatic carbocycles. The summed E-state index contributed by atoms with van der Waals surface area (Å²) in [5.74, 6) is 1.57. The number of hydrogen-bond acceptors (Lipinski definition) is 4. The average Bonchev–Trinajstić information content (AvgIpc) is 3.09. The fourth-order valence-corrected chi connectivity index (χ4v) is 3.60. The minimum Gasteiger partial charge on any atom is -0.383 e. The number of likely N-dealkylation sites (tertiary alicyclic amines) is 1. The van der Waals surface area contributed by atoms with E-state index in [0.717, 1.165) is 24.4 Å². The number of hydrogen-bond donors (Lipinski definition) is 1. The number of imidazole rings is 1. The molecule has 26 heavy (non-hydrogen) atoms. The highest BCUT2D eigenvalue weighted by atomic mass is 16.3. The Hall–Kier alpha value is -2.21. The highest BCUT2D eigenvalue weighted by Crippen LogP contribution is 2.28. The van der Waals surface area contributed by atoms with Crippen molar-refractivity contribution in [3.63, 3.8) is 0 Å². The second-order valence-electron chi connectivity index (χ2n) is 7.48. The first-order valence-corrected chi connectivity index (χ1v) is 9.42. The minimum atomic E-state index is -0.877. The third-order valence-corrected chi connectivity index (χ3v) is 4.96. The van der Waals surface area contributed by atoms with Gasteiger partial charge in [-0.15, -0.1) is 0 Å². The Kier molecular flexibility index (Phi) is 6.04. The monoisotopic (exact) mass is 356 g/mol. The second-order valence-corrected chi connectivity index (χ2v) is 7.48. The standard InChI is InChI=1S/C20H28N4O2/c1-15(2)13-18(25)20(26)23-10-6-16(7-11-23)19-22-9-12-24(19)14-17-5-3-4-8-21-17/h3-5,8-9,12,15-16,18,25H,6-7,10-11,13-14H2,1-2H3. The molecule has 1 unspecified atom stereocenters. The van der Waals surface area contributed by atoms with Crippen LogP contribution in [0.25, 0.3) is 0 Å². The first-order valence-electron chi connectivity index (χ1n) is 9.42. The van der Waals surface area contributed by atoms with Gasteiger partial charge in [-0.1, -0.05) is 19.9 Å². The van der Waals surface area contributed by atoms with Gasteiger partial charge in [0, 0.05) is 37.6 Å². The van der Waals surface area contributed by atoms with Crippen LogP contribution in [0.4, 0.5) is 0 Å². The lowest BCUT2D eigenvalue weighted by molar-refractivity contribution is -0.142. The fraction of sp³-hybridized carbons (Fsp3) is 0.550. The third kappa shape index (κ3) is 4.49. The van der Waals surface area contributed by atoms with Gasteiger partial charge in [0.05, 0.1) is 12.2 Å². The van der Waals surface area contributed by atoms with Crippen LogP contribution in [0.15, 0.2) is 36.8 Å². The molecule has 6 nitrogen and oxygen atoms in total. The molecule has 2 aromatic heterocycles. The summed E-state index contributed by atoms with van der Waals surface area (Å²) < 4.78 is 2.15. The molecule has 1 aliphatic rings. The molecule has 3 heterocycles. The lowest BCUT2D eigenvalue weighted by Crippen LogP contribution is -2.44. The van der Waals surface area contributed by atoms with Gasteiger partial charge in [0.15, 0.2) is 0 Å². The Morgan fingerprint density at radius 3 is 2.65 bits per heavy atom. The van der Waals surface area contributed by atoms with Crippen LogP contribution < -0.4 is 0 Å². The molecule has 3 rings (SSSR count). The zero-order chi connectivity index (χ0) is 18.5. The first kappa shape index (κ1) is 18.6. The number of nitrogens with zero attached hydrogens (tertiary/aromatic N) is 4. The van der Waals surface area contributed by atoms with Crippen molar-refractivity contribution < 1.29 is 9.90 Å². The Bertz CT molecular complexity index is 706. The Morgan fingerprint density at radius 2 is 2.00 bits per heavy atom. The van der Waals surface area contributed by atoms with Gasteiger partial charge in [-0.25, -0.2) is 4.98 Å². The topological polar surface area (TPSA) is 71.2 Å². The van der Waals surface area contributed by atoms with Gasteiger partial charge < -0.3 is 14.6 Å². The maximum Gasteiger partial charge on any atom is 0.251 e. The van der Waals surface area contributed by atoms with E-state index in [1.165, 1.54) is 0 Å². The molecule has 0 radical (unpaired) electrons. The highest BCUT2D eigenvalue weighted by Gasteiger charge is 2.29. The summed E-state index contributed by atoms with van der Waals surface area (Å²) in [6.45, 7) is 6.10. The zero-order valence-electron chi connectivity index (χ0n) is 15.6. The number of amides is 1. The molecule has 1 amide bonds. The summed E-state index contributed by atoms with van der Waals surface area (Å²) in [6.07, 6.45) is 7.03. The third-order valence-electron chi connectivity index (χ3n) is 4.96. The van der Waals surface area contributed by atoms with Crippen LogP contribution in [0, 0.1) is 5.92 Å². The Morgan fingerprint density at radius 1 is 1.23 bits per heavy atom. The summed E-state index contributed by atoms with van der Waals surface area (Å²) in [6, 6.07) is 5.92. The lowest BCUT2D eigenvalue weighted by atomic mass is 9.95. The summed E-state index contributed by atoms with van der Waals surface area (Å²) >= 11 is 0. The molecule has 1 aliphatic heterocycles. The summed E-state index contributed by atoms with van der Waals surface area (Å²) in [4.78, 5) is 23.1. The summed E-state index contributed by atoms with van der Waals surface area (Å²) in [5.41, 5.74) is 1.01. The summed E-state index contributed by atoms with van der Waals surface area (Å²) in [5, 5.41) is 10.1. The van der Waals surface area contributed by atoms with Crippen molar-refractivity contribution in [1.82, 2.24) is 19.4 Å². The number of pyridine rings is 1. The summed E-state index contributed by atoms with van der Waals surface area (Å²) in [7, 11) is 0. The van der Waals surface area contributed by atoms with Crippen LogP contribution in [-0.4, -0.2) is 49.6 Å². The molecule has 0 saturated carbocycles. The maximum absolute atomic E-state index is 12.4. The zero-order valence-corrected chi connectivity index (χ0v) is 15.6. The van der Waals surface area contributed by atoms with Crippen LogP contribution in [0.3, 0.4) is 0 Å². The minimum absolute atomic E-state index is 0.131. The Labute approximate surface area is 154 Å². The number of carbonyl (C=O) groups excluding carboxylic acids is 1. The van der Waals surface area contributed by atoms with E-state index < -0.39 is 6.10 Å². The largest absolute Gasteiger partial charge is 0.383 e. The van der Waals surface area contributed by atoms with Crippen LogP contribution in [-0.2, 0) is 11.3 Å². The van der Waals surface area contributed by atoms with E-state index in [4.69, 9.17) is 0 Å². The van der Waals surface area contributed by atoms with Gasteiger partial charge in [0.2, 0.25) is 0 Å². The van der Waals surface area contributed by atoms with Gasteiger partial charge in [0.1, 0.15) is 11.9 Å². The van der Waals surface area contributed by atoms with E-state index >= 15 is 0 Å². The van der Waals surface area contributed by atoms with Crippen molar-refractivity contribution in [3.05, 3.63) is 48.3 Å². The normalized spacial score (nSPS) is 16.8. The molecule has 1 saturated heterocycles. The molecule has 1 N–H and O–H groups in total. The Balaban J connectivity index is 1.59. The molecule has 0 spiro atoms. The molecular weight excluding hydrogens is 328 g/mol. The van der Waals surface area contributed by atoms with E-state index in [1.807, 2.05) is 44.4 Å². The van der Waals surface area contributed by atoms with E-state index in [1.54, 1.807) is 11.1 Å². The SMILES string of the molecule is CC(C)CC(O)C(=O)N1CCC(c2nccn2Cc2ccccn2)CC1. The number of aromatic nitrogens is 3. The van der Waals surface area contributed by atoms with Crippen molar-refractivity contribution in [2.24, 2.45) is 5.92 Å². The van der Waals surface area contributed by atoms with E-state index in [9.17, 15) is 9.90 Å². The maximum atomic E-state index is 12.4. The van der Waals surface area contributed by atoms with Crippen LogP contribution >= 0.6 is 0 Å². The second kappa shape index (κ2) is 8.45. The molecule has 140 valence electrons. The van der Waals surface area contributed by atoms with E-state index in [-0.39, 0.29) is 5.91 Å². The lowest BCUT2D eigenvalue weighted by Gasteiger charge is -2.33. The molecule has 1 fully saturated rings. The van der Waals surface area contributed by atoms with Crippen molar-refractivity contribution in [1.29, 1.82) is 0 Å². The van der Waals surface area contributed by atoms with E-state index in [2.05, 4.69) is 14.5 Å². The number of aliphatic hydroxyl groups is 1. The van der Waals surface area contributed by atoms with Crippen molar-refractivity contribution >= 4 is 5.91 Å². The average molecular weight is 356 g/mol. The van der Waals surface area contributed by atoms with Gasteiger partial charge in [-0.3, -0.25) is 9.78 Å². The van der Waals surface area contributed by atoms with Crippen LogP contribution in [0.1, 0.15) is 50.5 Å². The van der Waals surface area contributed by atoms with Gasteiger partial charge >= 0.3 is 0 Å². The van der Waals surface area contributed by atoms with Gasteiger partial charge in [-0.05, 0) is 37.3 Å². The smallest absolute Gasteiger partial charge is 0.251 e. The molecular formula is C20H28N4O2. The molecule has 2 aromatic rings. The van der Waals surface area contributed by atoms with Gasteiger partial charge in [-0.2, -0.15) is 0 Å². The highest BCUT2D eigenvalue weighted by molar-refractivity contribution is 5.80. The predicted molar refractivity (Wildman–Crippen MR) is 99.6 cm³/mol. The van der Waals surface area contributed by atoms with Crippen molar-refractivity contribution in [3.8, 4) is 0 Å². The van der Waals surface area contributed by atoms with E-state index in [0.29, 0.717) is 37.9 Å². The van der Waals surface area contributed by atoms with Crippen LogP contribution in [0.5, 0.6) is 0 Å². The number of piperidine rings is 1. The molecule has 1 atom stereocenters. The fourth-order valence-electron chi connectivity index (χ4n) is 3.60.